The second kappa shape index (κ2) is 7.08. The maximum atomic E-state index is 12.8. The number of rotatable bonds is 3. The van der Waals surface area contributed by atoms with Gasteiger partial charge in [0.05, 0.1) is 10.7 Å². The van der Waals surface area contributed by atoms with Crippen LogP contribution in [-0.4, -0.2) is 5.91 Å². The molecule has 0 fully saturated rings. The van der Waals surface area contributed by atoms with Gasteiger partial charge in [-0.2, -0.15) is 5.26 Å². The van der Waals surface area contributed by atoms with E-state index in [0.29, 0.717) is 21.3 Å². The van der Waals surface area contributed by atoms with Crippen molar-refractivity contribution in [2.75, 3.05) is 5.32 Å². The van der Waals surface area contributed by atoms with E-state index in [4.69, 9.17) is 28.5 Å². The van der Waals surface area contributed by atoms with Crippen molar-refractivity contribution in [2.24, 2.45) is 0 Å². The van der Waals surface area contributed by atoms with Crippen LogP contribution in [0.3, 0.4) is 0 Å². The highest BCUT2D eigenvalue weighted by Gasteiger charge is 2.12. The number of nitriles is 1. The smallest absolute Gasteiger partial charge is 0.266 e. The van der Waals surface area contributed by atoms with E-state index >= 15 is 0 Å². The topological polar surface area (TPSA) is 52.9 Å². The van der Waals surface area contributed by atoms with E-state index in [1.54, 1.807) is 12.1 Å². The van der Waals surface area contributed by atoms with Gasteiger partial charge in [-0.05, 0) is 42.0 Å². The lowest BCUT2D eigenvalue weighted by Crippen LogP contribution is -2.13. The Morgan fingerprint density at radius 2 is 1.86 bits per heavy atom. The van der Waals surface area contributed by atoms with Crippen LogP contribution in [0.4, 0.5) is 10.1 Å². The Labute approximate surface area is 136 Å². The predicted molar refractivity (Wildman–Crippen MR) is 85.1 cm³/mol. The summed E-state index contributed by atoms with van der Waals surface area (Å²) in [4.78, 5) is 12.1. The summed E-state index contributed by atoms with van der Waals surface area (Å²) in [7, 11) is 0. The fraction of sp³-hybridized carbons (Fsp3) is 0. The van der Waals surface area contributed by atoms with Crippen LogP contribution in [0.25, 0.3) is 6.08 Å². The van der Waals surface area contributed by atoms with Crippen LogP contribution in [0.15, 0.2) is 48.0 Å². The highest BCUT2D eigenvalue weighted by molar-refractivity contribution is 6.36. The average molecular weight is 335 g/mol. The Kier molecular flexibility index (Phi) is 5.16. The van der Waals surface area contributed by atoms with Gasteiger partial charge in [0.25, 0.3) is 5.91 Å². The molecule has 0 saturated heterocycles. The molecule has 0 saturated carbocycles. The molecule has 0 atom stereocenters. The fourth-order valence-electron chi connectivity index (χ4n) is 1.66. The molecule has 2 rings (SSSR count). The molecule has 0 aliphatic rings. The summed E-state index contributed by atoms with van der Waals surface area (Å²) < 4.78 is 12.8. The van der Waals surface area contributed by atoms with E-state index in [-0.39, 0.29) is 5.57 Å². The Morgan fingerprint density at radius 3 is 2.50 bits per heavy atom. The largest absolute Gasteiger partial charge is 0.320 e. The molecule has 0 radical (unpaired) electrons. The van der Waals surface area contributed by atoms with Crippen LogP contribution < -0.4 is 5.32 Å². The van der Waals surface area contributed by atoms with Crippen molar-refractivity contribution in [3.8, 4) is 6.07 Å². The third kappa shape index (κ3) is 4.08. The molecule has 3 nitrogen and oxygen atoms in total. The average Bonchev–Trinajstić information content (AvgIpc) is 2.50. The highest BCUT2D eigenvalue weighted by atomic mass is 35.5. The Bertz CT molecular complexity index is 780. The second-order valence-electron chi connectivity index (χ2n) is 4.30. The minimum atomic E-state index is -0.629. The molecule has 0 unspecified atom stereocenters. The molecule has 0 spiro atoms. The molecular formula is C16H9Cl2FN2O. The minimum Gasteiger partial charge on any atom is -0.320 e. The molecule has 6 heteroatoms. The maximum absolute atomic E-state index is 12.8. The highest BCUT2D eigenvalue weighted by Crippen LogP contribution is 2.25. The number of benzene rings is 2. The molecule has 0 aliphatic heterocycles. The van der Waals surface area contributed by atoms with Crippen LogP contribution in [0.1, 0.15) is 5.56 Å². The summed E-state index contributed by atoms with van der Waals surface area (Å²) in [5.41, 5.74) is 0.701. The summed E-state index contributed by atoms with van der Waals surface area (Å²) in [5.74, 6) is -1.03. The van der Waals surface area contributed by atoms with Crippen LogP contribution in [-0.2, 0) is 4.79 Å². The van der Waals surface area contributed by atoms with E-state index in [1.165, 1.54) is 42.5 Å². The second-order valence-corrected chi connectivity index (χ2v) is 5.14. The maximum Gasteiger partial charge on any atom is 0.266 e. The van der Waals surface area contributed by atoms with Gasteiger partial charge in [-0.25, -0.2) is 4.39 Å². The normalized spacial score (nSPS) is 10.9. The van der Waals surface area contributed by atoms with Crippen molar-refractivity contribution in [2.45, 2.75) is 0 Å². The van der Waals surface area contributed by atoms with Crippen LogP contribution in [0.5, 0.6) is 0 Å². The van der Waals surface area contributed by atoms with Gasteiger partial charge in [0.15, 0.2) is 0 Å². The first-order valence-electron chi connectivity index (χ1n) is 6.13. The van der Waals surface area contributed by atoms with Gasteiger partial charge in [-0.3, -0.25) is 4.79 Å². The lowest BCUT2D eigenvalue weighted by atomic mass is 10.1. The Morgan fingerprint density at radius 1 is 1.18 bits per heavy atom. The number of carbonyl (C=O) groups excluding carboxylic acids is 1. The number of nitrogens with zero attached hydrogens (tertiary/aromatic N) is 1. The van der Waals surface area contributed by atoms with Gasteiger partial charge in [0, 0.05) is 5.02 Å². The van der Waals surface area contributed by atoms with E-state index < -0.39 is 11.7 Å². The molecule has 0 aromatic heterocycles. The van der Waals surface area contributed by atoms with Gasteiger partial charge >= 0.3 is 0 Å². The zero-order valence-corrected chi connectivity index (χ0v) is 12.6. The lowest BCUT2D eigenvalue weighted by molar-refractivity contribution is -0.112. The standard InChI is InChI=1S/C16H9Cl2FN2O/c17-12-3-6-14(18)15(8-12)21-16(22)11(9-20)7-10-1-4-13(19)5-2-10/h1-8H,(H,21,22)/b11-7+. The van der Waals surface area contributed by atoms with E-state index in [2.05, 4.69) is 5.32 Å². The number of amides is 1. The van der Waals surface area contributed by atoms with Gasteiger partial charge in [-0.15, -0.1) is 0 Å². The lowest BCUT2D eigenvalue weighted by Gasteiger charge is -2.07. The monoisotopic (exact) mass is 334 g/mol. The number of anilines is 1. The molecule has 1 N–H and O–H groups in total. The van der Waals surface area contributed by atoms with Crippen molar-refractivity contribution in [3.05, 3.63) is 69.5 Å². The molecule has 2 aromatic rings. The zero-order chi connectivity index (χ0) is 16.1. The fourth-order valence-corrected chi connectivity index (χ4v) is 1.99. The number of hydrogen-bond acceptors (Lipinski definition) is 2. The quantitative estimate of drug-likeness (QED) is 0.654. The van der Waals surface area contributed by atoms with Crippen molar-refractivity contribution < 1.29 is 9.18 Å². The van der Waals surface area contributed by atoms with E-state index in [9.17, 15) is 9.18 Å². The first kappa shape index (κ1) is 16.0. The SMILES string of the molecule is N#C/C(=C\c1ccc(F)cc1)C(=O)Nc1cc(Cl)ccc1Cl. The van der Waals surface area contributed by atoms with Gasteiger partial charge in [0.1, 0.15) is 17.5 Å². The number of carbonyl (C=O) groups is 1. The van der Waals surface area contributed by atoms with Crippen molar-refractivity contribution in [1.29, 1.82) is 5.26 Å². The van der Waals surface area contributed by atoms with E-state index in [1.807, 2.05) is 0 Å². The summed E-state index contributed by atoms with van der Waals surface area (Å²) in [6.07, 6.45) is 1.35. The number of nitrogens with one attached hydrogen (secondary N) is 1. The predicted octanol–water partition coefficient (Wildman–Crippen LogP) is 4.68. The van der Waals surface area contributed by atoms with E-state index in [0.717, 1.165) is 0 Å². The zero-order valence-electron chi connectivity index (χ0n) is 11.1. The molecule has 0 bridgehead atoms. The Hall–Kier alpha value is -2.35. The van der Waals surface area contributed by atoms with Gasteiger partial charge in [-0.1, -0.05) is 35.3 Å². The van der Waals surface area contributed by atoms with Gasteiger partial charge in [0.2, 0.25) is 0 Å². The summed E-state index contributed by atoms with van der Waals surface area (Å²) in [5, 5.41) is 12.3. The van der Waals surface area contributed by atoms with Gasteiger partial charge < -0.3 is 5.32 Å². The molecule has 2 aromatic carbocycles. The number of halogens is 3. The third-order valence-electron chi connectivity index (χ3n) is 2.72. The minimum absolute atomic E-state index is 0.136. The van der Waals surface area contributed by atoms with Crippen LogP contribution >= 0.6 is 23.2 Å². The summed E-state index contributed by atoms with van der Waals surface area (Å²) in [6, 6.07) is 11.8. The van der Waals surface area contributed by atoms with Crippen molar-refractivity contribution >= 4 is 40.9 Å². The number of hydrogen-bond donors (Lipinski definition) is 1. The van der Waals surface area contributed by atoms with Crippen LogP contribution in [0.2, 0.25) is 10.0 Å². The summed E-state index contributed by atoms with van der Waals surface area (Å²) in [6.45, 7) is 0. The summed E-state index contributed by atoms with van der Waals surface area (Å²) >= 11 is 11.8. The molecule has 110 valence electrons. The molecule has 0 heterocycles. The van der Waals surface area contributed by atoms with Crippen molar-refractivity contribution in [3.63, 3.8) is 0 Å². The molecule has 1 amide bonds. The molecule has 22 heavy (non-hydrogen) atoms. The molecular weight excluding hydrogens is 326 g/mol. The first-order valence-corrected chi connectivity index (χ1v) is 6.89. The van der Waals surface area contributed by atoms with Crippen LogP contribution in [0, 0.1) is 17.1 Å². The molecule has 0 aliphatic carbocycles. The first-order chi connectivity index (χ1) is 10.5. The third-order valence-corrected chi connectivity index (χ3v) is 3.29. The van der Waals surface area contributed by atoms with Crippen molar-refractivity contribution in [1.82, 2.24) is 0 Å². The Balaban J connectivity index is 2.24.